The van der Waals surface area contributed by atoms with Crippen molar-refractivity contribution in [3.8, 4) is 16.9 Å². The Kier molecular flexibility index (Phi) is 20.8. The van der Waals surface area contributed by atoms with Crippen LogP contribution in [0.15, 0.2) is 85.1 Å². The number of para-hydroxylation sites is 1. The molecule has 5 fully saturated rings. The molecule has 1 saturated heterocycles. The number of hydrogen-bond acceptors (Lipinski definition) is 20. The van der Waals surface area contributed by atoms with Gasteiger partial charge in [0.25, 0.3) is 5.91 Å². The van der Waals surface area contributed by atoms with Crippen molar-refractivity contribution in [2.24, 2.45) is 22.0 Å². The van der Waals surface area contributed by atoms with Crippen LogP contribution in [0.2, 0.25) is 0 Å². The van der Waals surface area contributed by atoms with E-state index < -0.39 is 78.4 Å². The predicted molar refractivity (Wildman–Crippen MR) is 343 cm³/mol. The minimum atomic E-state index is -5.08. The highest BCUT2D eigenvalue weighted by molar-refractivity contribution is 7.22. The molecule has 7 atom stereocenters. The van der Waals surface area contributed by atoms with E-state index in [1.54, 1.807) is 30.5 Å². The number of aromatic nitrogens is 4. The molecule has 4 saturated carbocycles. The number of benzene rings is 3. The number of ether oxygens (including phenoxy) is 4. The number of aromatic carboxylic acids is 1. The molecule has 0 spiro atoms. The number of nitrogens with two attached hydrogens (primary N) is 1. The van der Waals surface area contributed by atoms with E-state index in [9.17, 15) is 72.6 Å². The molecule has 12 rings (SSSR count). The topological polar surface area (TPSA) is 398 Å². The number of aliphatic carboxylic acids is 3. The molecule has 5 heterocycles. The van der Waals surface area contributed by atoms with Crippen LogP contribution in [0.4, 0.5) is 34.6 Å². The number of aliphatic hydroxyl groups excluding tert-OH is 3. The highest BCUT2D eigenvalue weighted by atomic mass is 32.1. The summed E-state index contributed by atoms with van der Waals surface area (Å²) in [5.74, 6) is -7.03. The Balaban J connectivity index is 0.00000138. The van der Waals surface area contributed by atoms with Gasteiger partial charge in [-0.1, -0.05) is 61.6 Å². The molecule has 97 heavy (non-hydrogen) atoms. The van der Waals surface area contributed by atoms with Crippen LogP contribution in [0, 0.1) is 23.2 Å². The smallest absolute Gasteiger partial charge is 0.481 e. The number of carbonyl (C=O) groups excluding carboxylic acids is 3. The molecular formula is C66H74F3N9O18S. The molecule has 518 valence electrons. The Bertz CT molecular complexity index is 3980. The number of pyridine rings is 1. The molecule has 27 nitrogen and oxygen atoms in total. The van der Waals surface area contributed by atoms with Gasteiger partial charge < -0.3 is 75.5 Å². The summed E-state index contributed by atoms with van der Waals surface area (Å²) in [6.45, 7) is 7.82. The molecule has 2 unspecified atom stereocenters. The van der Waals surface area contributed by atoms with E-state index >= 15 is 0 Å². The van der Waals surface area contributed by atoms with Crippen molar-refractivity contribution < 1.29 is 101 Å². The molecule has 4 bridgehead atoms. The van der Waals surface area contributed by atoms with Gasteiger partial charge in [0, 0.05) is 68.1 Å². The summed E-state index contributed by atoms with van der Waals surface area (Å²) < 4.78 is 58.3. The average Bonchev–Trinajstić information content (AvgIpc) is 0.927. The maximum absolute atomic E-state index is 13.8. The summed E-state index contributed by atoms with van der Waals surface area (Å²) in [6.07, 6.45) is -5.09. The zero-order chi connectivity index (χ0) is 69.9. The van der Waals surface area contributed by atoms with Crippen molar-refractivity contribution in [2.45, 2.75) is 134 Å². The maximum Gasteiger partial charge on any atom is 0.490 e. The number of aliphatic hydroxyl groups is 3. The molecule has 31 heteroatoms. The Morgan fingerprint density at radius 3 is 2.26 bits per heavy atom. The minimum Gasteiger partial charge on any atom is -0.481 e. The van der Waals surface area contributed by atoms with E-state index in [1.165, 1.54) is 34.4 Å². The summed E-state index contributed by atoms with van der Waals surface area (Å²) in [5, 5.41) is 79.0. The molecule has 6 aromatic rings. The fourth-order valence-electron chi connectivity index (χ4n) is 15.2. The number of carboxylic acids is 4. The lowest BCUT2D eigenvalue weighted by atomic mass is 9.39. The van der Waals surface area contributed by atoms with Gasteiger partial charge in [-0.3, -0.25) is 24.4 Å². The standard InChI is InChI=1S/C64H73N9O16S.C2HF3O2/c1-36-41(39-14-16-47(69-50(39)56(81)82)72-21-18-38-9-6-10-40(42(38)28-72)55(80)70-59-68-43-11-4-5-12-46(43)90-59)27-66-73(36)35-63-30-61(2)29-62(3,31-63)33-64(32-61,34-63)87-25-23-71(22-19-49(75)76)60(85)86-24-7-8-37-13-15-45(44(26-37)67-48(74)17-20-65)88-58-53(79)51(77)52(78)54(89-58)57(83)84;3-2(4,5)1(6)7/h4-16,26-27,51-54,58,77-79H,17-25,28-35,65H2,1-3H3,(H,67,74)(H,75,76)(H,81,82)(H,83,84)(H,68,70,80);(H,6,7)/b8-7+;/t51-,52-,53+,54-,58+,61?,62?,63?,64?;/m0./s1. The van der Waals surface area contributed by atoms with Gasteiger partial charge in [0.1, 0.15) is 36.5 Å². The largest absolute Gasteiger partial charge is 0.490 e. The van der Waals surface area contributed by atoms with Crippen molar-refractivity contribution in [3.63, 3.8) is 0 Å². The number of hydrogen-bond donors (Lipinski definition) is 10. The van der Waals surface area contributed by atoms with Crippen molar-refractivity contribution in [3.05, 3.63) is 119 Å². The summed E-state index contributed by atoms with van der Waals surface area (Å²) in [6, 6.07) is 21.4. The lowest BCUT2D eigenvalue weighted by molar-refractivity contribution is -0.271. The Labute approximate surface area is 556 Å². The van der Waals surface area contributed by atoms with Gasteiger partial charge in [0.15, 0.2) is 16.9 Å². The van der Waals surface area contributed by atoms with E-state index in [1.807, 2.05) is 59.0 Å². The number of halogens is 3. The van der Waals surface area contributed by atoms with Crippen LogP contribution in [0.25, 0.3) is 27.4 Å². The quantitative estimate of drug-likeness (QED) is 0.0300. The molecule has 4 aliphatic carbocycles. The highest BCUT2D eigenvalue weighted by Crippen LogP contribution is 2.72. The van der Waals surface area contributed by atoms with Crippen LogP contribution in [0.3, 0.4) is 0 Å². The van der Waals surface area contributed by atoms with Crippen LogP contribution in [-0.4, -0.2) is 184 Å². The summed E-state index contributed by atoms with van der Waals surface area (Å²) in [5.41, 5.74) is 10.1. The zero-order valence-electron chi connectivity index (χ0n) is 53.0. The van der Waals surface area contributed by atoms with E-state index in [2.05, 4.69) is 29.5 Å². The second-order valence-corrected chi connectivity index (χ2v) is 27.1. The first-order valence-electron chi connectivity index (χ1n) is 31.2. The third-order valence-electron chi connectivity index (χ3n) is 18.2. The Morgan fingerprint density at radius 1 is 0.845 bits per heavy atom. The lowest BCUT2D eigenvalue weighted by Gasteiger charge is -2.69. The number of alkyl halides is 3. The van der Waals surface area contributed by atoms with Crippen LogP contribution in [0.1, 0.15) is 108 Å². The number of rotatable bonds is 23. The number of anilines is 3. The number of fused-ring (bicyclic) bond motifs is 2. The molecule has 11 N–H and O–H groups in total. The van der Waals surface area contributed by atoms with Gasteiger partial charge in [-0.05, 0) is 133 Å². The monoisotopic (exact) mass is 1370 g/mol. The van der Waals surface area contributed by atoms with Crippen molar-refractivity contribution in [1.29, 1.82) is 0 Å². The van der Waals surface area contributed by atoms with E-state index in [4.69, 9.17) is 44.7 Å². The second kappa shape index (κ2) is 28.5. The van der Waals surface area contributed by atoms with Gasteiger partial charge in [-0.15, -0.1) is 0 Å². The predicted octanol–water partition coefficient (Wildman–Crippen LogP) is 7.33. The van der Waals surface area contributed by atoms with Gasteiger partial charge in [-0.2, -0.15) is 18.3 Å². The SMILES string of the molecule is Cc1c(-c2ccc(N3CCc4cccc(C(=O)Nc5nc6ccccc6s5)c4C3)nc2C(=O)O)cnn1CC12CC3(C)CC(C)(C1)CC(OCCN(CCC(=O)O)C(=O)OC/C=C/c1ccc(O[C@@H]4O[C@H](C(=O)O)[C@@H](O)[C@H](O)[C@H]4O)c(NC(=O)CCN)c1)(C3)C2.O=C(O)C(F)(F)F. The summed E-state index contributed by atoms with van der Waals surface area (Å²) >= 11 is 1.40. The fraction of sp³-hybridized carbons (Fsp3) is 0.455. The molecule has 3 aromatic heterocycles. The van der Waals surface area contributed by atoms with Crippen LogP contribution < -0.4 is 26.0 Å². The van der Waals surface area contributed by atoms with Crippen LogP contribution in [-0.2, 0) is 52.9 Å². The van der Waals surface area contributed by atoms with Crippen molar-refractivity contribution in [2.75, 3.05) is 54.9 Å². The first kappa shape index (κ1) is 70.7. The number of nitrogens with one attached hydrogen (secondary N) is 2. The molecule has 3 aromatic carbocycles. The maximum atomic E-state index is 13.8. The number of thiazole rings is 1. The lowest BCUT2D eigenvalue weighted by Crippen LogP contribution is -2.64. The number of carbonyl (C=O) groups is 7. The van der Waals surface area contributed by atoms with Crippen LogP contribution in [0.5, 0.6) is 5.75 Å². The normalized spacial score (nSPS) is 24.8. The van der Waals surface area contributed by atoms with E-state index in [0.29, 0.717) is 65.7 Å². The molecule has 2 aliphatic heterocycles. The van der Waals surface area contributed by atoms with Gasteiger partial charge >= 0.3 is 36.1 Å². The Morgan fingerprint density at radius 2 is 1.58 bits per heavy atom. The van der Waals surface area contributed by atoms with E-state index in [0.717, 1.165) is 59.1 Å². The summed E-state index contributed by atoms with van der Waals surface area (Å²) in [7, 11) is 0. The second-order valence-electron chi connectivity index (χ2n) is 26.0. The van der Waals surface area contributed by atoms with Crippen molar-refractivity contribution in [1.82, 2.24) is 24.6 Å². The minimum absolute atomic E-state index is 0.0161. The Hall–Kier alpha value is -9.11. The number of nitrogens with zero attached hydrogens (tertiary/aromatic N) is 6. The third-order valence-corrected chi connectivity index (χ3v) is 19.1. The first-order valence-corrected chi connectivity index (χ1v) is 32.0. The first-order chi connectivity index (χ1) is 45.9. The number of carboxylic acid groups (broad SMARTS) is 4. The van der Waals surface area contributed by atoms with E-state index in [-0.39, 0.29) is 85.0 Å². The van der Waals surface area contributed by atoms with Crippen LogP contribution >= 0.6 is 11.3 Å². The third kappa shape index (κ3) is 16.2. The van der Waals surface area contributed by atoms with Gasteiger partial charge in [0.05, 0.1) is 40.7 Å². The molecule has 6 aliphatic rings. The summed E-state index contributed by atoms with van der Waals surface area (Å²) in [4.78, 5) is 98.3. The average molecular weight is 1370 g/mol. The van der Waals surface area contributed by atoms with Gasteiger partial charge in [0.2, 0.25) is 12.2 Å². The fourth-order valence-corrected chi connectivity index (χ4v) is 16.0. The number of amides is 3. The molecule has 3 amide bonds. The van der Waals surface area contributed by atoms with Crippen molar-refractivity contribution >= 4 is 86.1 Å². The molecular weight excluding hydrogens is 1300 g/mol. The van der Waals surface area contributed by atoms with Gasteiger partial charge in [-0.25, -0.2) is 29.1 Å². The molecule has 0 radical (unpaired) electrons. The zero-order valence-corrected chi connectivity index (χ0v) is 53.8. The highest BCUT2D eigenvalue weighted by Gasteiger charge is 2.66.